The van der Waals surface area contributed by atoms with E-state index in [1.807, 2.05) is 0 Å². The van der Waals surface area contributed by atoms with Gasteiger partial charge in [0.25, 0.3) is 0 Å². The fourth-order valence-electron chi connectivity index (χ4n) is 4.04. The minimum absolute atomic E-state index is 0.0242. The van der Waals surface area contributed by atoms with Gasteiger partial charge in [-0.25, -0.2) is 18.5 Å². The van der Waals surface area contributed by atoms with Crippen molar-refractivity contribution in [2.75, 3.05) is 18.1 Å². The van der Waals surface area contributed by atoms with Crippen LogP contribution in [0.1, 0.15) is 55.6 Å². The van der Waals surface area contributed by atoms with E-state index in [2.05, 4.69) is 5.10 Å². The van der Waals surface area contributed by atoms with Crippen molar-refractivity contribution in [2.24, 2.45) is 0 Å². The van der Waals surface area contributed by atoms with Crippen LogP contribution in [0.15, 0.2) is 30.6 Å². The number of hydrogen-bond donors (Lipinski definition) is 0. The second-order valence-corrected chi connectivity index (χ2v) is 9.09. The molecular weight excluding hydrogens is 441 g/mol. The molecule has 0 aliphatic carbocycles. The van der Waals surface area contributed by atoms with Crippen LogP contribution in [-0.2, 0) is 15.9 Å². The fraction of sp³-hybridized carbons (Fsp3) is 0.400. The molecule has 3 heterocycles. The number of anilines is 1. The van der Waals surface area contributed by atoms with Gasteiger partial charge >= 0.3 is 12.1 Å². The Labute approximate surface area is 197 Å². The summed E-state index contributed by atoms with van der Waals surface area (Å²) in [5.74, 6) is -0.618. The normalized spacial score (nSPS) is 13.5. The molecule has 1 aliphatic rings. The molecule has 0 saturated heterocycles. The predicted octanol–water partition coefficient (Wildman–Crippen LogP) is 5.44. The Kier molecular flexibility index (Phi) is 6.20. The maximum Gasteiger partial charge on any atom is 0.414 e. The van der Waals surface area contributed by atoms with Crippen molar-refractivity contribution in [3.63, 3.8) is 0 Å². The zero-order chi connectivity index (χ0) is 24.6. The molecule has 0 saturated carbocycles. The lowest BCUT2D eigenvalue weighted by molar-refractivity contribution is 0.0523. The zero-order valence-electron chi connectivity index (χ0n) is 20.0. The van der Waals surface area contributed by atoms with E-state index in [-0.39, 0.29) is 12.4 Å². The number of esters is 1. The fourth-order valence-corrected chi connectivity index (χ4v) is 4.04. The molecule has 0 atom stereocenters. The first-order valence-electron chi connectivity index (χ1n) is 11.2. The van der Waals surface area contributed by atoms with Gasteiger partial charge in [-0.15, -0.1) is 0 Å². The minimum Gasteiger partial charge on any atom is -0.462 e. The molecule has 8 nitrogen and oxygen atoms in total. The van der Waals surface area contributed by atoms with E-state index >= 15 is 4.39 Å². The molecule has 0 N–H and O–H groups in total. The van der Waals surface area contributed by atoms with Crippen molar-refractivity contribution in [3.8, 4) is 11.5 Å². The molecule has 0 radical (unpaired) electrons. The number of rotatable bonds is 4. The Morgan fingerprint density at radius 3 is 2.65 bits per heavy atom. The van der Waals surface area contributed by atoms with Crippen LogP contribution in [0, 0.1) is 12.7 Å². The van der Waals surface area contributed by atoms with Crippen molar-refractivity contribution in [2.45, 2.75) is 53.1 Å². The lowest BCUT2D eigenvalue weighted by Crippen LogP contribution is -2.40. The monoisotopic (exact) mass is 469 g/mol. The van der Waals surface area contributed by atoms with E-state index in [0.717, 1.165) is 0 Å². The molecule has 1 amide bonds. The second kappa shape index (κ2) is 8.96. The van der Waals surface area contributed by atoms with Crippen molar-refractivity contribution >= 4 is 23.3 Å². The highest BCUT2D eigenvalue weighted by molar-refractivity contribution is 5.94. The highest BCUT2D eigenvalue weighted by Gasteiger charge is 2.30. The highest BCUT2D eigenvalue weighted by atomic mass is 19.1. The van der Waals surface area contributed by atoms with E-state index in [1.54, 1.807) is 52.9 Å². The summed E-state index contributed by atoms with van der Waals surface area (Å²) >= 11 is 0. The van der Waals surface area contributed by atoms with Crippen LogP contribution in [0.25, 0.3) is 5.52 Å². The molecule has 9 heteroatoms. The van der Waals surface area contributed by atoms with Gasteiger partial charge in [0.15, 0.2) is 17.3 Å². The summed E-state index contributed by atoms with van der Waals surface area (Å²) in [6.45, 7) is 9.57. The Bertz CT molecular complexity index is 1260. The summed E-state index contributed by atoms with van der Waals surface area (Å²) in [4.78, 5) is 26.4. The first-order chi connectivity index (χ1) is 16.1. The third-order valence-corrected chi connectivity index (χ3v) is 5.50. The Morgan fingerprint density at radius 1 is 1.18 bits per heavy atom. The number of carbonyl (C=O) groups is 2. The molecule has 4 rings (SSSR count). The number of carbonyl (C=O) groups excluding carboxylic acids is 2. The minimum atomic E-state index is -0.652. The Morgan fingerprint density at radius 2 is 1.94 bits per heavy atom. The maximum absolute atomic E-state index is 15.5. The summed E-state index contributed by atoms with van der Waals surface area (Å²) in [7, 11) is 0. The first-order valence-corrected chi connectivity index (χ1v) is 11.2. The number of ether oxygens (including phenoxy) is 3. The molecule has 0 unspecified atom stereocenters. The van der Waals surface area contributed by atoms with Gasteiger partial charge in [0.2, 0.25) is 0 Å². The molecular formula is C25H28FN3O5. The number of aromatic nitrogens is 2. The van der Waals surface area contributed by atoms with Crippen LogP contribution in [0.4, 0.5) is 14.9 Å². The van der Waals surface area contributed by atoms with Crippen molar-refractivity contribution in [3.05, 3.63) is 53.1 Å². The van der Waals surface area contributed by atoms with Gasteiger partial charge < -0.3 is 14.2 Å². The van der Waals surface area contributed by atoms with Crippen LogP contribution >= 0.6 is 0 Å². The van der Waals surface area contributed by atoms with E-state index in [9.17, 15) is 9.59 Å². The average molecular weight is 470 g/mol. The molecule has 34 heavy (non-hydrogen) atoms. The van der Waals surface area contributed by atoms with E-state index < -0.39 is 23.5 Å². The topological polar surface area (TPSA) is 82.4 Å². The highest BCUT2D eigenvalue weighted by Crippen LogP contribution is 2.38. The van der Waals surface area contributed by atoms with Gasteiger partial charge in [-0.05, 0) is 65.2 Å². The number of fused-ring (bicyclic) bond motifs is 2. The number of amides is 1. The Balaban J connectivity index is 1.69. The smallest absolute Gasteiger partial charge is 0.414 e. The SMILES string of the molecule is CCOC(=O)c1cn2nccc(Oc3ccc4c(c3F)CCCN4C(=O)OC(C)(C)C)c2c1C. The van der Waals surface area contributed by atoms with Gasteiger partial charge in [0.05, 0.1) is 24.1 Å². The van der Waals surface area contributed by atoms with E-state index in [1.165, 1.54) is 21.7 Å². The van der Waals surface area contributed by atoms with Gasteiger partial charge in [-0.1, -0.05) is 0 Å². The van der Waals surface area contributed by atoms with Crippen LogP contribution in [-0.4, -0.2) is 40.4 Å². The molecule has 0 fully saturated rings. The number of aryl methyl sites for hydroxylation is 1. The number of halogens is 1. The van der Waals surface area contributed by atoms with Gasteiger partial charge in [-0.2, -0.15) is 5.10 Å². The average Bonchev–Trinajstić information content (AvgIpc) is 3.12. The van der Waals surface area contributed by atoms with Gasteiger partial charge in [-0.3, -0.25) is 4.90 Å². The van der Waals surface area contributed by atoms with Crippen molar-refractivity contribution in [1.82, 2.24) is 9.61 Å². The van der Waals surface area contributed by atoms with E-state index in [0.29, 0.717) is 53.0 Å². The van der Waals surface area contributed by atoms with Gasteiger partial charge in [0, 0.05) is 24.4 Å². The third kappa shape index (κ3) is 4.42. The predicted molar refractivity (Wildman–Crippen MR) is 124 cm³/mol. The lowest BCUT2D eigenvalue weighted by Gasteiger charge is -2.32. The standard InChI is InChI=1S/C25H28FN3O5/c1-6-32-23(30)17-14-29-22(15(17)2)20(11-12-27-29)33-19-10-9-18-16(21(19)26)8-7-13-28(18)24(31)34-25(3,4)5/h9-12,14H,6-8,13H2,1-5H3. The molecule has 3 aromatic rings. The van der Waals surface area contributed by atoms with E-state index in [4.69, 9.17) is 14.2 Å². The lowest BCUT2D eigenvalue weighted by atomic mass is 10.0. The summed E-state index contributed by atoms with van der Waals surface area (Å²) in [5, 5.41) is 4.24. The Hall–Kier alpha value is -3.62. The quantitative estimate of drug-likeness (QED) is 0.474. The molecule has 0 bridgehead atoms. The van der Waals surface area contributed by atoms with Crippen molar-refractivity contribution in [1.29, 1.82) is 0 Å². The third-order valence-electron chi connectivity index (χ3n) is 5.50. The number of hydrogen-bond acceptors (Lipinski definition) is 6. The summed E-state index contributed by atoms with van der Waals surface area (Å²) in [6.07, 6.45) is 3.65. The molecule has 0 spiro atoms. The maximum atomic E-state index is 15.5. The summed E-state index contributed by atoms with van der Waals surface area (Å²) in [5.41, 5.74) is 1.76. The number of benzene rings is 1. The molecule has 1 aromatic carbocycles. The molecule has 180 valence electrons. The second-order valence-electron chi connectivity index (χ2n) is 9.09. The van der Waals surface area contributed by atoms with Crippen molar-refractivity contribution < 1.29 is 28.2 Å². The van der Waals surface area contributed by atoms with Crippen LogP contribution in [0.5, 0.6) is 11.5 Å². The summed E-state index contributed by atoms with van der Waals surface area (Å²) in [6, 6.07) is 4.78. The molecule has 2 aromatic heterocycles. The largest absolute Gasteiger partial charge is 0.462 e. The summed E-state index contributed by atoms with van der Waals surface area (Å²) < 4.78 is 33.6. The first kappa shape index (κ1) is 23.5. The zero-order valence-corrected chi connectivity index (χ0v) is 20.0. The van der Waals surface area contributed by atoms with Crippen LogP contribution in [0.3, 0.4) is 0 Å². The number of nitrogens with zero attached hydrogens (tertiary/aromatic N) is 3. The van der Waals surface area contributed by atoms with Gasteiger partial charge in [0.1, 0.15) is 11.1 Å². The van der Waals surface area contributed by atoms with Crippen LogP contribution < -0.4 is 9.64 Å². The molecule has 1 aliphatic heterocycles. The van der Waals surface area contributed by atoms with Crippen LogP contribution in [0.2, 0.25) is 0 Å².